The Labute approximate surface area is 186 Å². The van der Waals surface area contributed by atoms with Crippen molar-refractivity contribution in [3.63, 3.8) is 0 Å². The summed E-state index contributed by atoms with van der Waals surface area (Å²) in [4.78, 5) is 12.3. The molecule has 0 saturated carbocycles. The molecule has 5 nitrogen and oxygen atoms in total. The fourth-order valence-corrected chi connectivity index (χ4v) is 4.11. The molecule has 2 N–H and O–H groups in total. The molecule has 3 aromatic carbocycles. The third kappa shape index (κ3) is 3.86. The van der Waals surface area contributed by atoms with Gasteiger partial charge in [-0.15, -0.1) is 0 Å². The van der Waals surface area contributed by atoms with E-state index in [-0.39, 0.29) is 19.1 Å². The van der Waals surface area contributed by atoms with Crippen LogP contribution < -0.4 is 5.32 Å². The Morgan fingerprint density at radius 1 is 0.938 bits per heavy atom. The average molecular weight is 419 g/mol. The Morgan fingerprint density at radius 3 is 2.31 bits per heavy atom. The van der Waals surface area contributed by atoms with Crippen molar-refractivity contribution in [2.45, 2.75) is 5.92 Å². The number of carbonyl (C=O) groups is 1. The molecule has 1 aliphatic carbocycles. The van der Waals surface area contributed by atoms with Crippen LogP contribution in [0.15, 0.2) is 85.1 Å². The number of benzene rings is 3. The summed E-state index contributed by atoms with van der Waals surface area (Å²) in [5.41, 5.74) is 7.45. The highest BCUT2D eigenvalue weighted by Gasteiger charge is 2.28. The summed E-state index contributed by atoms with van der Waals surface area (Å²) in [6.45, 7) is 0.475. The Hall–Kier alpha value is -4.30. The summed E-state index contributed by atoms with van der Waals surface area (Å²) < 4.78 is 5.53. The zero-order valence-corrected chi connectivity index (χ0v) is 17.3. The molecule has 0 saturated heterocycles. The molecule has 1 aromatic heterocycles. The number of ether oxygens (including phenoxy) is 1. The second-order valence-corrected chi connectivity index (χ2v) is 7.51. The summed E-state index contributed by atoms with van der Waals surface area (Å²) in [6, 6.07) is 26.4. The topological polar surface area (TPSA) is 67.0 Å². The molecule has 1 amide bonds. The van der Waals surface area contributed by atoms with Crippen molar-refractivity contribution >= 4 is 6.09 Å². The van der Waals surface area contributed by atoms with Crippen molar-refractivity contribution in [3.8, 4) is 34.2 Å². The van der Waals surface area contributed by atoms with E-state index in [1.54, 1.807) is 6.20 Å². The van der Waals surface area contributed by atoms with Crippen molar-refractivity contribution in [1.29, 1.82) is 0 Å². The maximum atomic E-state index is 12.3. The molecule has 1 heterocycles. The molecule has 0 spiro atoms. The average Bonchev–Trinajstić information content (AvgIpc) is 3.44. The van der Waals surface area contributed by atoms with Gasteiger partial charge in [0.25, 0.3) is 0 Å². The van der Waals surface area contributed by atoms with Gasteiger partial charge in [-0.25, -0.2) is 4.79 Å². The zero-order valence-electron chi connectivity index (χ0n) is 17.3. The Morgan fingerprint density at radius 2 is 1.59 bits per heavy atom. The number of rotatable bonds is 4. The smallest absolute Gasteiger partial charge is 0.407 e. The van der Waals surface area contributed by atoms with Crippen molar-refractivity contribution in [2.75, 3.05) is 13.2 Å². The molecule has 32 heavy (non-hydrogen) atoms. The highest BCUT2D eigenvalue weighted by atomic mass is 16.5. The first-order valence-electron chi connectivity index (χ1n) is 10.5. The highest BCUT2D eigenvalue weighted by molar-refractivity contribution is 5.79. The maximum absolute atomic E-state index is 12.3. The third-order valence-electron chi connectivity index (χ3n) is 5.59. The molecule has 0 radical (unpaired) electrons. The first-order chi connectivity index (χ1) is 15.8. The number of fused-ring (bicyclic) bond motifs is 3. The van der Waals surface area contributed by atoms with Gasteiger partial charge in [0.2, 0.25) is 0 Å². The quantitative estimate of drug-likeness (QED) is 0.459. The van der Waals surface area contributed by atoms with Gasteiger partial charge in [-0.1, -0.05) is 90.7 Å². The molecule has 0 unspecified atom stereocenters. The number of carbonyl (C=O) groups excluding carboxylic acids is 1. The van der Waals surface area contributed by atoms with Crippen LogP contribution in [0.25, 0.3) is 22.4 Å². The van der Waals surface area contributed by atoms with Crippen LogP contribution in [0, 0.1) is 11.8 Å². The predicted molar refractivity (Wildman–Crippen MR) is 124 cm³/mol. The van der Waals surface area contributed by atoms with Crippen molar-refractivity contribution in [1.82, 2.24) is 15.5 Å². The number of aromatic amines is 1. The molecular weight excluding hydrogens is 398 g/mol. The minimum Gasteiger partial charge on any atom is -0.449 e. The van der Waals surface area contributed by atoms with Gasteiger partial charge in [-0.2, -0.15) is 5.10 Å². The Balaban J connectivity index is 1.19. The van der Waals surface area contributed by atoms with E-state index < -0.39 is 6.09 Å². The number of nitrogens with zero attached hydrogens (tertiary/aromatic N) is 1. The van der Waals surface area contributed by atoms with Crippen LogP contribution in [0.1, 0.15) is 22.6 Å². The van der Waals surface area contributed by atoms with E-state index in [1.807, 2.05) is 54.6 Å². The molecule has 1 aliphatic rings. The van der Waals surface area contributed by atoms with E-state index in [4.69, 9.17) is 4.74 Å². The number of hydrogen-bond acceptors (Lipinski definition) is 3. The van der Waals surface area contributed by atoms with Crippen LogP contribution >= 0.6 is 0 Å². The maximum Gasteiger partial charge on any atom is 0.407 e. The third-order valence-corrected chi connectivity index (χ3v) is 5.59. The van der Waals surface area contributed by atoms with Crippen molar-refractivity contribution < 1.29 is 9.53 Å². The van der Waals surface area contributed by atoms with Crippen LogP contribution in [-0.2, 0) is 4.74 Å². The lowest BCUT2D eigenvalue weighted by molar-refractivity contribution is 0.144. The van der Waals surface area contributed by atoms with Gasteiger partial charge < -0.3 is 10.1 Å². The molecule has 0 bridgehead atoms. The standard InChI is InChI=1S/C27H21N3O2/c31-27(28-16-8-11-20-17-29-30-26(20)19-9-2-1-3-10-19)32-18-25-23-14-6-4-12-21(23)22-13-5-7-15-24(22)25/h1-7,9-10,12-15,17,25H,16,18H2,(H,28,31)(H,29,30). The van der Waals surface area contributed by atoms with Gasteiger partial charge in [0.1, 0.15) is 6.61 Å². The van der Waals surface area contributed by atoms with E-state index in [2.05, 4.69) is 51.6 Å². The second-order valence-electron chi connectivity index (χ2n) is 7.51. The zero-order chi connectivity index (χ0) is 21.8. The lowest BCUT2D eigenvalue weighted by Crippen LogP contribution is -2.26. The van der Waals surface area contributed by atoms with E-state index >= 15 is 0 Å². The van der Waals surface area contributed by atoms with Gasteiger partial charge in [-0.3, -0.25) is 5.10 Å². The Bertz CT molecular complexity index is 1270. The number of alkyl carbamates (subject to hydrolysis) is 1. The van der Waals surface area contributed by atoms with E-state index in [9.17, 15) is 4.79 Å². The minimum absolute atomic E-state index is 0.0404. The fraction of sp³-hybridized carbons (Fsp3) is 0.111. The van der Waals surface area contributed by atoms with Crippen LogP contribution in [-0.4, -0.2) is 29.4 Å². The molecule has 4 aromatic rings. The van der Waals surface area contributed by atoms with Crippen molar-refractivity contribution in [2.24, 2.45) is 0 Å². The van der Waals surface area contributed by atoms with E-state index in [1.165, 1.54) is 22.3 Å². The molecule has 0 aliphatic heterocycles. The van der Waals surface area contributed by atoms with E-state index in [0.29, 0.717) is 0 Å². The van der Waals surface area contributed by atoms with Crippen molar-refractivity contribution in [3.05, 3.63) is 102 Å². The number of H-pyrrole nitrogens is 1. The van der Waals surface area contributed by atoms with Gasteiger partial charge in [0.15, 0.2) is 0 Å². The summed E-state index contributed by atoms with van der Waals surface area (Å²) in [6.07, 6.45) is 1.21. The summed E-state index contributed by atoms with van der Waals surface area (Å²) in [5, 5.41) is 9.77. The van der Waals surface area contributed by atoms with Crippen LogP contribution in [0.4, 0.5) is 4.79 Å². The van der Waals surface area contributed by atoms with Gasteiger partial charge in [-0.05, 0) is 22.3 Å². The minimum atomic E-state index is -0.475. The molecule has 5 rings (SSSR count). The van der Waals surface area contributed by atoms with Gasteiger partial charge >= 0.3 is 6.09 Å². The van der Waals surface area contributed by atoms with Gasteiger partial charge in [0.05, 0.1) is 24.0 Å². The molecule has 156 valence electrons. The molecule has 5 heteroatoms. The number of hydrogen-bond donors (Lipinski definition) is 2. The van der Waals surface area contributed by atoms with Crippen LogP contribution in [0.2, 0.25) is 0 Å². The fourth-order valence-electron chi connectivity index (χ4n) is 4.11. The Kier molecular flexibility index (Phi) is 5.42. The molecule has 0 fully saturated rings. The normalized spacial score (nSPS) is 11.8. The number of amides is 1. The van der Waals surface area contributed by atoms with Gasteiger partial charge in [0, 0.05) is 11.5 Å². The predicted octanol–water partition coefficient (Wildman–Crippen LogP) is 4.97. The summed E-state index contributed by atoms with van der Waals surface area (Å²) in [5.74, 6) is 6.06. The molecular formula is C27H21N3O2. The number of nitrogens with one attached hydrogen (secondary N) is 2. The monoisotopic (exact) mass is 419 g/mol. The SMILES string of the molecule is O=C(NCC#Cc1cn[nH]c1-c1ccccc1)OCC1c2ccccc2-c2ccccc21. The largest absolute Gasteiger partial charge is 0.449 e. The van der Waals surface area contributed by atoms with E-state index in [0.717, 1.165) is 16.8 Å². The summed E-state index contributed by atoms with van der Waals surface area (Å²) in [7, 11) is 0. The first-order valence-corrected chi connectivity index (χ1v) is 10.5. The van der Waals surface area contributed by atoms with Crippen LogP contribution in [0.3, 0.4) is 0 Å². The molecule has 0 atom stereocenters. The lowest BCUT2D eigenvalue weighted by Gasteiger charge is -2.14. The highest BCUT2D eigenvalue weighted by Crippen LogP contribution is 2.44. The lowest BCUT2D eigenvalue weighted by atomic mass is 9.98. The summed E-state index contributed by atoms with van der Waals surface area (Å²) >= 11 is 0. The number of aromatic nitrogens is 2. The second kappa shape index (κ2) is 8.83. The first kappa shape index (κ1) is 19.7. The van der Waals surface area contributed by atoms with Crippen LogP contribution in [0.5, 0.6) is 0 Å².